The van der Waals surface area contributed by atoms with Crippen LogP contribution in [0, 0.1) is 0 Å². The first kappa shape index (κ1) is 71.7. The van der Waals surface area contributed by atoms with Crippen molar-refractivity contribution in [3.63, 3.8) is 0 Å². The number of ether oxygens (including phenoxy) is 4. The first-order valence-electron chi connectivity index (χ1n) is 30.5. The molecule has 5 aromatic carbocycles. The van der Waals surface area contributed by atoms with Crippen molar-refractivity contribution in [3.05, 3.63) is 300 Å². The van der Waals surface area contributed by atoms with Crippen LogP contribution in [0.4, 0.5) is 0 Å². The predicted molar refractivity (Wildman–Crippen MR) is 386 cm³/mol. The van der Waals surface area contributed by atoms with Gasteiger partial charge in [-0.3, -0.25) is 39.9 Å². The number of rotatable bonds is 16. The van der Waals surface area contributed by atoms with Crippen LogP contribution in [0.25, 0.3) is 0 Å². The van der Waals surface area contributed by atoms with Gasteiger partial charge in [-0.1, -0.05) is 183 Å². The molecule has 478 valence electrons. The van der Waals surface area contributed by atoms with Crippen molar-refractivity contribution in [1.82, 2.24) is 19.9 Å². The zero-order chi connectivity index (χ0) is 63.2. The van der Waals surface area contributed by atoms with Crippen LogP contribution in [-0.2, 0) is 31.8 Å². The molecule has 93 heavy (non-hydrogen) atoms. The number of aromatic nitrogens is 4. The quantitative estimate of drug-likeness (QED) is 0.0855. The average Bonchev–Trinajstić information content (AvgIpc) is 2.01. The van der Waals surface area contributed by atoms with E-state index in [9.17, 15) is 0 Å². The Kier molecular flexibility index (Phi) is 32.2. The third-order valence-corrected chi connectivity index (χ3v) is 13.7. The molecule has 4 aliphatic rings. The summed E-state index contributed by atoms with van der Waals surface area (Å²) in [4.78, 5) is 51.3. The Morgan fingerprint density at radius 3 is 0.935 bits per heavy atom. The Morgan fingerprint density at radius 2 is 0.667 bits per heavy atom. The van der Waals surface area contributed by atoms with Crippen molar-refractivity contribution >= 4 is 61.9 Å². The van der Waals surface area contributed by atoms with E-state index >= 15 is 0 Å². The highest BCUT2D eigenvalue weighted by Crippen LogP contribution is 2.20. The molecule has 0 saturated carbocycles. The molecule has 0 N–H and O–H groups in total. The fourth-order valence-electron chi connectivity index (χ4n) is 8.93. The van der Waals surface area contributed by atoms with Gasteiger partial charge in [-0.15, -0.1) is 0 Å². The lowest BCUT2D eigenvalue weighted by Crippen LogP contribution is -2.14. The monoisotopic (exact) mass is 1260 g/mol. The molecular formula is C76H84N12O4S. The van der Waals surface area contributed by atoms with Crippen LogP contribution in [0.2, 0.25) is 0 Å². The van der Waals surface area contributed by atoms with E-state index in [1.165, 1.54) is 27.8 Å². The Hall–Kier alpha value is -10.4. The Morgan fingerprint density at radius 1 is 0.376 bits per heavy atom. The molecule has 13 rings (SSSR count). The maximum Gasteiger partial charge on any atom is 0.273 e. The second-order valence-corrected chi connectivity index (χ2v) is 20.7. The molecule has 0 bridgehead atoms. The lowest BCUT2D eigenvalue weighted by atomic mass is 10.1. The van der Waals surface area contributed by atoms with Crippen LogP contribution < -0.4 is 0 Å². The smallest absolute Gasteiger partial charge is 0.273 e. The van der Waals surface area contributed by atoms with Crippen LogP contribution >= 0.6 is 13.5 Å². The molecule has 5 unspecified atom stereocenters. The van der Waals surface area contributed by atoms with Gasteiger partial charge in [-0.2, -0.15) is 13.5 Å². The molecule has 16 nitrogen and oxygen atoms in total. The zero-order valence-corrected chi connectivity index (χ0v) is 53.5. The van der Waals surface area contributed by atoms with E-state index in [2.05, 4.69) is 141 Å². The van der Waals surface area contributed by atoms with Gasteiger partial charge in [0.15, 0.2) is 0 Å². The minimum Gasteiger partial charge on any atom is -0.472 e. The maximum absolute atomic E-state index is 5.71. The van der Waals surface area contributed by atoms with Crippen molar-refractivity contribution < 1.29 is 18.9 Å². The molecule has 9 aromatic rings. The molecular weight excluding hydrogens is 1180 g/mol. The van der Waals surface area contributed by atoms with Gasteiger partial charge in [0.25, 0.3) is 23.6 Å². The van der Waals surface area contributed by atoms with Gasteiger partial charge in [-0.25, -0.2) is 20.0 Å². The van der Waals surface area contributed by atoms with E-state index in [0.717, 1.165) is 48.7 Å². The van der Waals surface area contributed by atoms with E-state index in [1.54, 1.807) is 38.0 Å². The predicted octanol–water partition coefficient (Wildman–Crippen LogP) is 14.6. The average molecular weight is 1260 g/mol. The third-order valence-electron chi connectivity index (χ3n) is 13.7. The first-order chi connectivity index (χ1) is 44.8. The molecule has 0 spiro atoms. The summed E-state index contributed by atoms with van der Waals surface area (Å²) in [5, 5.41) is 0. The highest BCUT2D eigenvalue weighted by atomic mass is 32.1. The molecule has 4 aromatic heterocycles. The molecule has 8 heterocycles. The van der Waals surface area contributed by atoms with Crippen LogP contribution in [0.1, 0.15) is 96.9 Å². The molecule has 4 aliphatic heterocycles. The number of aliphatic imine (C=N–C) groups is 8. The van der Waals surface area contributed by atoms with Gasteiger partial charge in [0.2, 0.25) is 0 Å². The van der Waals surface area contributed by atoms with Crippen molar-refractivity contribution in [2.24, 2.45) is 39.9 Å². The largest absolute Gasteiger partial charge is 0.472 e. The van der Waals surface area contributed by atoms with E-state index in [-0.39, 0.29) is 51.1 Å². The van der Waals surface area contributed by atoms with Gasteiger partial charge in [0, 0.05) is 56.7 Å². The van der Waals surface area contributed by atoms with E-state index in [1.807, 2.05) is 182 Å². The van der Waals surface area contributed by atoms with Gasteiger partial charge < -0.3 is 18.9 Å². The van der Waals surface area contributed by atoms with Crippen molar-refractivity contribution in [2.45, 2.75) is 71.2 Å². The van der Waals surface area contributed by atoms with Gasteiger partial charge >= 0.3 is 0 Å². The fourth-order valence-corrected chi connectivity index (χ4v) is 8.93. The normalized spacial score (nSPS) is 15.9. The number of hydrogen-bond acceptors (Lipinski definition) is 16. The van der Waals surface area contributed by atoms with Crippen LogP contribution in [0.15, 0.2) is 289 Å². The molecule has 0 saturated heterocycles. The van der Waals surface area contributed by atoms with E-state index in [4.69, 9.17) is 18.9 Å². The molecule has 5 atom stereocenters. The fraction of sp³-hybridized carbons (Fsp3) is 0.237. The van der Waals surface area contributed by atoms with E-state index in [0.29, 0.717) is 50.0 Å². The number of benzene rings is 5. The Labute approximate surface area is 555 Å². The summed E-state index contributed by atoms with van der Waals surface area (Å²) in [7, 11) is 1.73. The van der Waals surface area contributed by atoms with Crippen LogP contribution in [0.5, 0.6) is 0 Å². The third kappa shape index (κ3) is 26.5. The molecule has 0 fully saturated rings. The molecule has 0 amide bonds. The maximum atomic E-state index is 5.71. The summed E-state index contributed by atoms with van der Waals surface area (Å²) >= 11 is 0. The standard InChI is InChI=1S/C20H20N2O2.3C14H14N2.C7H8N2.C6H8N2O2.CH4.H2S/c1-3-7-15(8-4-1)11-17-13-23-19(21-17)20-22-18(14-24-20)12-16-9-5-2-6-10-16;3*1-12(13-7-3-2-4-8-13)16-11-14-9-5-6-10-15-14;1-8-6-7-4-2-3-5-9-7;1-3-9-5(7-1)6-8-2-4-10-6;;/h1-10,17-18H,11-14H2;3*2-12H,1H3;2-6H,1H3;1-4H2;1H4;1H2. The highest BCUT2D eigenvalue weighted by Gasteiger charge is 2.29. The summed E-state index contributed by atoms with van der Waals surface area (Å²) < 4.78 is 21.7. The summed E-state index contributed by atoms with van der Waals surface area (Å²) in [6, 6.07) is 75.4. The number of hydrogen-bond donors (Lipinski definition) is 0. The zero-order valence-electron chi connectivity index (χ0n) is 52.5. The van der Waals surface area contributed by atoms with Crippen molar-refractivity contribution in [2.75, 3.05) is 46.6 Å². The van der Waals surface area contributed by atoms with Crippen LogP contribution in [0.3, 0.4) is 0 Å². The topological polar surface area (TPSA) is 187 Å². The summed E-state index contributed by atoms with van der Waals surface area (Å²) in [5.41, 5.74) is 9.78. The van der Waals surface area contributed by atoms with Gasteiger partial charge in [0.05, 0.1) is 66.1 Å². The van der Waals surface area contributed by atoms with E-state index < -0.39 is 0 Å². The van der Waals surface area contributed by atoms with Crippen molar-refractivity contribution in [3.8, 4) is 0 Å². The minimum atomic E-state index is 0. The van der Waals surface area contributed by atoms with Gasteiger partial charge in [-0.05, 0) is 110 Å². The number of nitrogens with zero attached hydrogens (tertiary/aromatic N) is 12. The minimum absolute atomic E-state index is 0. The second kappa shape index (κ2) is 41.8. The first-order valence-corrected chi connectivity index (χ1v) is 30.5. The molecule has 17 heteroatoms. The molecule has 0 aliphatic carbocycles. The Bertz CT molecular complexity index is 3420. The lowest BCUT2D eigenvalue weighted by Gasteiger charge is -2.05. The summed E-state index contributed by atoms with van der Waals surface area (Å²) in [5.74, 6) is 2.29. The lowest BCUT2D eigenvalue weighted by molar-refractivity contribution is 0.293. The van der Waals surface area contributed by atoms with Crippen LogP contribution in [-0.4, -0.2) is 127 Å². The number of pyridine rings is 4. The summed E-state index contributed by atoms with van der Waals surface area (Å²) in [6.45, 7) is 10.2. The second-order valence-electron chi connectivity index (χ2n) is 20.7. The van der Waals surface area contributed by atoms with Gasteiger partial charge in [0.1, 0.15) is 26.4 Å². The summed E-state index contributed by atoms with van der Waals surface area (Å²) in [6.07, 6.45) is 16.0. The SMILES string of the molecule is C.C1COC(C2=NCCO2)=N1.CC(N=Cc1ccccn1)c1ccccc1.CC(N=Cc1ccccn1)c1ccccc1.CC(N=Cc1ccccn1)c1ccccc1.CN=Cc1ccccn1.S.c1ccc(CC2COC(C3=NC(Cc4ccccc4)CO3)=N2)cc1. The Balaban J connectivity index is 0.000000181. The highest BCUT2D eigenvalue weighted by molar-refractivity contribution is 7.59. The van der Waals surface area contributed by atoms with Crippen molar-refractivity contribution in [1.29, 1.82) is 0 Å². The molecule has 0 radical (unpaired) electrons.